The molecule has 2 nitrogen and oxygen atoms in total. The predicted octanol–water partition coefficient (Wildman–Crippen LogP) is 4.08. The van der Waals surface area contributed by atoms with E-state index in [1.54, 1.807) is 0 Å². The number of nitrogens with zero attached hydrogens (tertiary/aromatic N) is 2. The Morgan fingerprint density at radius 1 is 1.38 bits per heavy atom. The summed E-state index contributed by atoms with van der Waals surface area (Å²) in [7, 11) is 0. The Hall–Kier alpha value is -0.500. The van der Waals surface area contributed by atoms with E-state index in [4.69, 9.17) is 11.6 Å². The Morgan fingerprint density at radius 3 is 2.75 bits per heavy atom. The molecule has 0 spiro atoms. The molecule has 0 saturated heterocycles. The molecule has 1 aliphatic carbocycles. The third-order valence-corrected chi connectivity index (χ3v) is 3.82. The monoisotopic (exact) mass is 240 g/mol. The zero-order valence-corrected chi connectivity index (χ0v) is 10.8. The minimum Gasteiger partial charge on any atom is -0.266 e. The second kappa shape index (κ2) is 5.72. The third kappa shape index (κ3) is 2.42. The molecule has 0 aliphatic heterocycles. The van der Waals surface area contributed by atoms with Crippen LogP contribution in [-0.4, -0.2) is 9.78 Å². The number of halogens is 1. The van der Waals surface area contributed by atoms with Crippen molar-refractivity contribution in [2.75, 3.05) is 0 Å². The zero-order valence-electron chi connectivity index (χ0n) is 10.1. The minimum atomic E-state index is 0.599. The quantitative estimate of drug-likeness (QED) is 0.726. The van der Waals surface area contributed by atoms with Crippen molar-refractivity contribution in [3.63, 3.8) is 0 Å². The van der Waals surface area contributed by atoms with Crippen molar-refractivity contribution in [2.45, 2.75) is 63.8 Å². The van der Waals surface area contributed by atoms with Crippen molar-refractivity contribution in [3.05, 3.63) is 17.5 Å². The normalized spacial score (nSPS) is 17.9. The highest BCUT2D eigenvalue weighted by Crippen LogP contribution is 2.30. The fourth-order valence-electron chi connectivity index (χ4n) is 2.69. The van der Waals surface area contributed by atoms with Crippen LogP contribution in [0.25, 0.3) is 0 Å². The lowest BCUT2D eigenvalue weighted by Crippen LogP contribution is -2.17. The van der Waals surface area contributed by atoms with E-state index in [2.05, 4.69) is 16.7 Å². The van der Waals surface area contributed by atoms with Crippen molar-refractivity contribution >= 4 is 11.6 Å². The van der Waals surface area contributed by atoms with Crippen LogP contribution in [-0.2, 0) is 12.3 Å². The molecule has 1 heterocycles. The van der Waals surface area contributed by atoms with Gasteiger partial charge in [-0.1, -0.05) is 32.6 Å². The average molecular weight is 241 g/mol. The predicted molar refractivity (Wildman–Crippen MR) is 67.9 cm³/mol. The van der Waals surface area contributed by atoms with Crippen molar-refractivity contribution in [1.82, 2.24) is 9.78 Å². The molecule has 2 rings (SSSR count). The molecule has 0 N–H and O–H groups in total. The molecular formula is C13H21ClN2. The van der Waals surface area contributed by atoms with Crippen LogP contribution in [0.15, 0.2) is 6.20 Å². The molecule has 1 aromatic heterocycles. The summed E-state index contributed by atoms with van der Waals surface area (Å²) < 4.78 is 2.26. The molecule has 16 heavy (non-hydrogen) atoms. The van der Waals surface area contributed by atoms with E-state index in [1.807, 2.05) is 6.20 Å². The molecule has 0 bridgehead atoms. The van der Waals surface area contributed by atoms with E-state index in [-0.39, 0.29) is 0 Å². The van der Waals surface area contributed by atoms with Gasteiger partial charge in [0.25, 0.3) is 0 Å². The van der Waals surface area contributed by atoms with Gasteiger partial charge in [0.1, 0.15) is 0 Å². The molecule has 0 unspecified atom stereocenters. The van der Waals surface area contributed by atoms with E-state index in [0.717, 1.165) is 6.42 Å². The third-order valence-electron chi connectivity index (χ3n) is 3.54. The van der Waals surface area contributed by atoms with Crippen molar-refractivity contribution in [2.24, 2.45) is 0 Å². The lowest BCUT2D eigenvalue weighted by atomic mass is 9.95. The lowest BCUT2D eigenvalue weighted by Gasteiger charge is -2.24. The Labute approximate surface area is 103 Å². The highest BCUT2D eigenvalue weighted by molar-refractivity contribution is 6.17. The largest absolute Gasteiger partial charge is 0.266 e. The summed E-state index contributed by atoms with van der Waals surface area (Å²) in [6.45, 7) is 2.22. The summed E-state index contributed by atoms with van der Waals surface area (Å²) in [5.41, 5.74) is 2.61. The Balaban J connectivity index is 2.20. The van der Waals surface area contributed by atoms with Gasteiger partial charge in [-0.3, -0.25) is 4.68 Å². The van der Waals surface area contributed by atoms with E-state index in [0.29, 0.717) is 11.9 Å². The SMILES string of the molecule is CCCc1c(CCl)cnn1C1CCCCC1. The van der Waals surface area contributed by atoms with Gasteiger partial charge in [0.05, 0.1) is 18.1 Å². The topological polar surface area (TPSA) is 17.8 Å². The van der Waals surface area contributed by atoms with Crippen molar-refractivity contribution in [3.8, 4) is 0 Å². The van der Waals surface area contributed by atoms with Crippen LogP contribution in [0.1, 0.15) is 62.7 Å². The van der Waals surface area contributed by atoms with Crippen LogP contribution < -0.4 is 0 Å². The highest BCUT2D eigenvalue weighted by atomic mass is 35.5. The number of rotatable bonds is 4. The summed E-state index contributed by atoms with van der Waals surface area (Å²) in [6, 6.07) is 0.632. The summed E-state index contributed by atoms with van der Waals surface area (Å²) in [6.07, 6.45) is 10.9. The second-order valence-corrected chi connectivity index (χ2v) is 5.00. The van der Waals surface area contributed by atoms with Gasteiger partial charge >= 0.3 is 0 Å². The fourth-order valence-corrected chi connectivity index (χ4v) is 2.91. The maximum atomic E-state index is 5.97. The molecule has 1 aromatic rings. The van der Waals surface area contributed by atoms with Crippen LogP contribution in [0.2, 0.25) is 0 Å². The summed E-state index contributed by atoms with van der Waals surface area (Å²) in [5.74, 6) is 0.599. The molecule has 0 atom stereocenters. The lowest BCUT2D eigenvalue weighted by molar-refractivity contribution is 0.321. The number of aromatic nitrogens is 2. The van der Waals surface area contributed by atoms with Crippen LogP contribution in [0.5, 0.6) is 0 Å². The van der Waals surface area contributed by atoms with Gasteiger partial charge in [0.15, 0.2) is 0 Å². The Morgan fingerprint density at radius 2 is 2.12 bits per heavy atom. The number of alkyl halides is 1. The average Bonchev–Trinajstić information content (AvgIpc) is 2.74. The van der Waals surface area contributed by atoms with Crippen LogP contribution in [0.4, 0.5) is 0 Å². The highest BCUT2D eigenvalue weighted by Gasteiger charge is 2.19. The first-order valence-electron chi connectivity index (χ1n) is 6.48. The van der Waals surface area contributed by atoms with Gasteiger partial charge in [-0.05, 0) is 19.3 Å². The van der Waals surface area contributed by atoms with Gasteiger partial charge in [-0.2, -0.15) is 5.10 Å². The molecular weight excluding hydrogens is 220 g/mol. The maximum absolute atomic E-state index is 5.97. The molecule has 1 fully saturated rings. The molecule has 0 radical (unpaired) electrons. The molecule has 0 aromatic carbocycles. The van der Waals surface area contributed by atoms with E-state index < -0.39 is 0 Å². The van der Waals surface area contributed by atoms with E-state index >= 15 is 0 Å². The summed E-state index contributed by atoms with van der Waals surface area (Å²) in [4.78, 5) is 0. The molecule has 3 heteroatoms. The standard InChI is InChI=1S/C13H21ClN2/c1-2-6-13-11(9-14)10-15-16(13)12-7-4-3-5-8-12/h10,12H,2-9H2,1H3. The smallest absolute Gasteiger partial charge is 0.0536 e. The first kappa shape index (κ1) is 12.0. The van der Waals surface area contributed by atoms with Crippen LogP contribution in [0.3, 0.4) is 0 Å². The summed E-state index contributed by atoms with van der Waals surface area (Å²) in [5, 5.41) is 4.56. The number of hydrogen-bond donors (Lipinski definition) is 0. The molecule has 0 amide bonds. The van der Waals surface area contributed by atoms with Gasteiger partial charge in [0.2, 0.25) is 0 Å². The van der Waals surface area contributed by atoms with Crippen LogP contribution in [0, 0.1) is 0 Å². The molecule has 90 valence electrons. The molecule has 1 saturated carbocycles. The van der Waals surface area contributed by atoms with Gasteiger partial charge < -0.3 is 0 Å². The van der Waals surface area contributed by atoms with Crippen molar-refractivity contribution < 1.29 is 0 Å². The van der Waals surface area contributed by atoms with Crippen LogP contribution >= 0.6 is 11.6 Å². The minimum absolute atomic E-state index is 0.599. The second-order valence-electron chi connectivity index (χ2n) is 4.74. The Kier molecular flexibility index (Phi) is 4.28. The number of hydrogen-bond acceptors (Lipinski definition) is 1. The Bertz CT molecular complexity index is 327. The fraction of sp³-hybridized carbons (Fsp3) is 0.769. The molecule has 1 aliphatic rings. The van der Waals surface area contributed by atoms with Gasteiger partial charge in [-0.25, -0.2) is 0 Å². The summed E-state index contributed by atoms with van der Waals surface area (Å²) >= 11 is 5.97. The van der Waals surface area contributed by atoms with E-state index in [9.17, 15) is 0 Å². The zero-order chi connectivity index (χ0) is 11.4. The first-order chi connectivity index (χ1) is 7.86. The van der Waals surface area contributed by atoms with Gasteiger partial charge in [0, 0.05) is 11.3 Å². The first-order valence-corrected chi connectivity index (χ1v) is 7.01. The maximum Gasteiger partial charge on any atom is 0.0536 e. The van der Waals surface area contributed by atoms with Crippen molar-refractivity contribution in [1.29, 1.82) is 0 Å². The van der Waals surface area contributed by atoms with Gasteiger partial charge in [-0.15, -0.1) is 11.6 Å². The van der Waals surface area contributed by atoms with E-state index in [1.165, 1.54) is 49.8 Å².